The molecule has 0 aliphatic heterocycles. The average molecular weight is 252 g/mol. The molecule has 1 rings (SSSR count). The van der Waals surface area contributed by atoms with Crippen LogP contribution in [0.4, 0.5) is 11.4 Å². The fourth-order valence-electron chi connectivity index (χ4n) is 1.83. The highest BCUT2D eigenvalue weighted by atomic mass is 16.5. The Labute approximate surface area is 107 Å². The Hall–Kier alpha value is -1.75. The van der Waals surface area contributed by atoms with Gasteiger partial charge >= 0.3 is 5.97 Å². The number of nitrogens with two attached hydrogens (primary N) is 1. The Morgan fingerprint density at radius 1 is 1.50 bits per heavy atom. The molecular formula is C13H20N2O3. The number of nitrogens with zero attached hydrogens (tertiary/aromatic N) is 1. The molecule has 18 heavy (non-hydrogen) atoms. The minimum atomic E-state index is -0.411. The molecule has 0 radical (unpaired) electrons. The van der Waals surface area contributed by atoms with Crippen molar-refractivity contribution in [1.82, 2.24) is 0 Å². The normalized spacial score (nSPS) is 10.5. The largest absolute Gasteiger partial charge is 0.465 e. The number of anilines is 2. The molecule has 5 nitrogen and oxygen atoms in total. The van der Waals surface area contributed by atoms with Gasteiger partial charge < -0.3 is 20.5 Å². The van der Waals surface area contributed by atoms with E-state index in [1.54, 1.807) is 18.2 Å². The first-order chi connectivity index (χ1) is 8.51. The van der Waals surface area contributed by atoms with E-state index in [0.29, 0.717) is 17.8 Å². The summed E-state index contributed by atoms with van der Waals surface area (Å²) in [5.74, 6) is -0.411. The number of nitrogen functional groups attached to an aromatic ring is 1. The Bertz CT molecular complexity index is 419. The zero-order valence-electron chi connectivity index (χ0n) is 11.0. The van der Waals surface area contributed by atoms with Crippen LogP contribution in [-0.4, -0.2) is 37.4 Å². The molecule has 0 aromatic heterocycles. The molecule has 0 bridgehead atoms. The van der Waals surface area contributed by atoms with Crippen molar-refractivity contribution in [2.45, 2.75) is 19.9 Å². The molecule has 0 aliphatic carbocycles. The van der Waals surface area contributed by atoms with Crippen LogP contribution in [0.5, 0.6) is 0 Å². The number of ether oxygens (including phenoxy) is 1. The maximum absolute atomic E-state index is 11.4. The third-order valence-electron chi connectivity index (χ3n) is 2.72. The van der Waals surface area contributed by atoms with Gasteiger partial charge in [-0.2, -0.15) is 0 Å². The number of carbonyl (C=O) groups excluding carboxylic acids is 1. The summed E-state index contributed by atoms with van der Waals surface area (Å²) in [6, 6.07) is 5.25. The molecule has 0 saturated heterocycles. The van der Waals surface area contributed by atoms with Crippen LogP contribution in [0.15, 0.2) is 18.2 Å². The highest BCUT2D eigenvalue weighted by Crippen LogP contribution is 2.26. The average Bonchev–Trinajstić information content (AvgIpc) is 2.35. The standard InChI is InChI=1S/C13H20N2O3/c1-9(2)15(6-7-16)12-5-4-10(8-11(12)14)13(17)18-3/h4-5,8-9,16H,6-7,14H2,1-3H3. The number of aliphatic hydroxyl groups excluding tert-OH is 1. The van der Waals surface area contributed by atoms with E-state index in [2.05, 4.69) is 4.74 Å². The molecule has 100 valence electrons. The SMILES string of the molecule is COC(=O)c1ccc(N(CCO)C(C)C)c(N)c1. The fourth-order valence-corrected chi connectivity index (χ4v) is 1.83. The van der Waals surface area contributed by atoms with Crippen molar-refractivity contribution in [1.29, 1.82) is 0 Å². The first-order valence-corrected chi connectivity index (χ1v) is 5.86. The number of hydrogen-bond donors (Lipinski definition) is 2. The Kier molecular flexibility index (Phi) is 4.97. The molecular weight excluding hydrogens is 232 g/mol. The third kappa shape index (κ3) is 3.13. The van der Waals surface area contributed by atoms with Crippen molar-refractivity contribution >= 4 is 17.3 Å². The first kappa shape index (κ1) is 14.3. The summed E-state index contributed by atoms with van der Waals surface area (Å²) in [5.41, 5.74) is 7.69. The van der Waals surface area contributed by atoms with Gasteiger partial charge in [0.2, 0.25) is 0 Å². The summed E-state index contributed by atoms with van der Waals surface area (Å²) >= 11 is 0. The monoisotopic (exact) mass is 252 g/mol. The molecule has 0 heterocycles. The maximum atomic E-state index is 11.4. The predicted octanol–water partition coefficient (Wildman–Crippen LogP) is 1.26. The van der Waals surface area contributed by atoms with Crippen molar-refractivity contribution in [3.05, 3.63) is 23.8 Å². The molecule has 0 amide bonds. The number of aliphatic hydroxyl groups is 1. The van der Waals surface area contributed by atoms with Gasteiger partial charge in [-0.05, 0) is 32.0 Å². The van der Waals surface area contributed by atoms with E-state index in [4.69, 9.17) is 10.8 Å². The van der Waals surface area contributed by atoms with Crippen molar-refractivity contribution in [2.24, 2.45) is 0 Å². The second-order valence-electron chi connectivity index (χ2n) is 4.28. The van der Waals surface area contributed by atoms with Crippen LogP contribution in [-0.2, 0) is 4.74 Å². The molecule has 0 fully saturated rings. The molecule has 0 spiro atoms. The molecule has 1 aromatic rings. The Balaban J connectivity index is 3.06. The summed E-state index contributed by atoms with van der Waals surface area (Å²) < 4.78 is 4.64. The van der Waals surface area contributed by atoms with Gasteiger partial charge in [0.25, 0.3) is 0 Å². The minimum absolute atomic E-state index is 0.0520. The summed E-state index contributed by atoms with van der Waals surface area (Å²) in [6.07, 6.45) is 0. The lowest BCUT2D eigenvalue weighted by Gasteiger charge is -2.29. The van der Waals surface area contributed by atoms with E-state index in [9.17, 15) is 4.79 Å². The number of rotatable bonds is 5. The van der Waals surface area contributed by atoms with E-state index >= 15 is 0 Å². The van der Waals surface area contributed by atoms with Crippen LogP contribution in [0, 0.1) is 0 Å². The zero-order chi connectivity index (χ0) is 13.7. The van der Waals surface area contributed by atoms with Gasteiger partial charge in [-0.3, -0.25) is 0 Å². The summed E-state index contributed by atoms with van der Waals surface area (Å²) in [6.45, 7) is 4.59. The van der Waals surface area contributed by atoms with Crippen molar-refractivity contribution in [2.75, 3.05) is 30.9 Å². The molecule has 0 aliphatic rings. The minimum Gasteiger partial charge on any atom is -0.465 e. The zero-order valence-corrected chi connectivity index (χ0v) is 11.0. The van der Waals surface area contributed by atoms with E-state index in [0.717, 1.165) is 5.69 Å². The Morgan fingerprint density at radius 2 is 2.17 bits per heavy atom. The Morgan fingerprint density at radius 3 is 2.61 bits per heavy atom. The van der Waals surface area contributed by atoms with Gasteiger partial charge in [-0.1, -0.05) is 0 Å². The van der Waals surface area contributed by atoms with Crippen LogP contribution in [0.1, 0.15) is 24.2 Å². The molecule has 1 aromatic carbocycles. The van der Waals surface area contributed by atoms with Crippen molar-refractivity contribution in [3.8, 4) is 0 Å². The lowest BCUT2D eigenvalue weighted by molar-refractivity contribution is 0.0601. The lowest BCUT2D eigenvalue weighted by atomic mass is 10.1. The smallest absolute Gasteiger partial charge is 0.337 e. The van der Waals surface area contributed by atoms with Crippen molar-refractivity contribution < 1.29 is 14.6 Å². The van der Waals surface area contributed by atoms with Crippen LogP contribution < -0.4 is 10.6 Å². The first-order valence-electron chi connectivity index (χ1n) is 5.86. The van der Waals surface area contributed by atoms with Gasteiger partial charge in [0.15, 0.2) is 0 Å². The van der Waals surface area contributed by atoms with E-state index < -0.39 is 5.97 Å². The second kappa shape index (κ2) is 6.26. The number of carbonyl (C=O) groups is 1. The topological polar surface area (TPSA) is 75.8 Å². The number of methoxy groups -OCH3 is 1. The fraction of sp³-hybridized carbons (Fsp3) is 0.462. The predicted molar refractivity (Wildman–Crippen MR) is 71.8 cm³/mol. The van der Waals surface area contributed by atoms with Gasteiger partial charge in [0, 0.05) is 12.6 Å². The second-order valence-corrected chi connectivity index (χ2v) is 4.28. The van der Waals surface area contributed by atoms with Gasteiger partial charge in [0.1, 0.15) is 0 Å². The highest BCUT2D eigenvalue weighted by Gasteiger charge is 2.15. The lowest BCUT2D eigenvalue weighted by Crippen LogP contribution is -2.34. The summed E-state index contributed by atoms with van der Waals surface area (Å²) in [7, 11) is 1.33. The van der Waals surface area contributed by atoms with Crippen LogP contribution >= 0.6 is 0 Å². The molecule has 3 N–H and O–H groups in total. The third-order valence-corrected chi connectivity index (χ3v) is 2.72. The van der Waals surface area contributed by atoms with E-state index in [1.807, 2.05) is 18.7 Å². The maximum Gasteiger partial charge on any atom is 0.337 e. The summed E-state index contributed by atoms with van der Waals surface area (Å²) in [4.78, 5) is 13.4. The number of benzene rings is 1. The molecule has 0 unspecified atom stereocenters. The van der Waals surface area contributed by atoms with Gasteiger partial charge in [0.05, 0.1) is 30.7 Å². The molecule has 0 atom stereocenters. The van der Waals surface area contributed by atoms with Crippen molar-refractivity contribution in [3.63, 3.8) is 0 Å². The highest BCUT2D eigenvalue weighted by molar-refractivity contribution is 5.92. The van der Waals surface area contributed by atoms with Crippen LogP contribution in [0.3, 0.4) is 0 Å². The van der Waals surface area contributed by atoms with Crippen LogP contribution in [0.2, 0.25) is 0 Å². The number of hydrogen-bond acceptors (Lipinski definition) is 5. The quantitative estimate of drug-likeness (QED) is 0.609. The molecule has 0 saturated carbocycles. The summed E-state index contributed by atoms with van der Waals surface area (Å²) in [5, 5.41) is 9.06. The number of esters is 1. The van der Waals surface area contributed by atoms with E-state index in [-0.39, 0.29) is 12.6 Å². The molecule has 5 heteroatoms. The van der Waals surface area contributed by atoms with Gasteiger partial charge in [-0.15, -0.1) is 0 Å². The van der Waals surface area contributed by atoms with E-state index in [1.165, 1.54) is 7.11 Å². The van der Waals surface area contributed by atoms with Gasteiger partial charge in [-0.25, -0.2) is 4.79 Å². The van der Waals surface area contributed by atoms with Crippen LogP contribution in [0.25, 0.3) is 0 Å².